The van der Waals surface area contributed by atoms with Crippen LogP contribution in [0.4, 0.5) is 51.2 Å². The lowest BCUT2D eigenvalue weighted by molar-refractivity contribution is 0.195. The van der Waals surface area contributed by atoms with Crippen LogP contribution in [0, 0.1) is 0 Å². The number of fused-ring (bicyclic) bond motifs is 20. The molecule has 18 aromatic rings. The van der Waals surface area contributed by atoms with Crippen LogP contribution in [0.2, 0.25) is 5.02 Å². The first-order chi connectivity index (χ1) is 59.4. The first-order valence-electron chi connectivity index (χ1n) is 43.6. The number of rotatable bonds is 9. The van der Waals surface area contributed by atoms with Gasteiger partial charge in [0.2, 0.25) is 0 Å². The monoisotopic (exact) mass is 1570 g/mol. The Labute approximate surface area is 713 Å². The minimum atomic E-state index is -0.0721. The summed E-state index contributed by atoms with van der Waals surface area (Å²) in [6.07, 6.45) is 9.91. The number of aromatic nitrogens is 2. The predicted octanol–water partition coefficient (Wildman–Crippen LogP) is 25.6. The van der Waals surface area contributed by atoms with Gasteiger partial charge in [-0.1, -0.05) is 330 Å². The Morgan fingerprint density at radius 3 is 1.09 bits per heavy atom. The Hall–Kier alpha value is -13.3. The maximum absolute atomic E-state index is 6.99. The Balaban J connectivity index is 0.000000115. The number of hydrogen-bond donors (Lipinski definition) is 1. The molecule has 26 rings (SSSR count). The predicted molar refractivity (Wildman–Crippen MR) is 514 cm³/mol. The zero-order chi connectivity index (χ0) is 80.6. The lowest BCUT2D eigenvalue weighted by Crippen LogP contribution is -2.64. The average molecular weight is 1580 g/mol. The third kappa shape index (κ3) is 10.6. The van der Waals surface area contributed by atoms with Gasteiger partial charge in [0.1, 0.15) is 0 Å². The summed E-state index contributed by atoms with van der Waals surface area (Å²) < 4.78 is 5.11. The molecule has 2 aliphatic carbocycles. The van der Waals surface area contributed by atoms with E-state index in [9.17, 15) is 0 Å². The molecular weight excluding hydrogens is 1490 g/mol. The molecule has 0 radical (unpaired) electrons. The Bertz CT molecular complexity index is 7120. The fourth-order valence-corrected chi connectivity index (χ4v) is 24.0. The summed E-state index contributed by atoms with van der Waals surface area (Å²) in [5.74, 6) is 0. The standard InChI is InChI=1S/C56H44BN3.C32H26BClN2.C24H19N/c1-55-31-11-12-32-56(55,2)60-51-36-43(58(41-23-13-21-39(33-41)37-17-5-3-6-18-37)42-24-14-22-40(34-42)38-19-7-4-8-20-38)35-50-52(51)57(48-29-16-27-46(55)54(48)60)47-28-15-26-45-44-25-9-10-30-49(44)59(50)53(45)47;1-31-15-5-6-16-32(31,2)36-27-18-19(34)17-26-28(27)33(24-13-8-11-22(31)30(24)36)23-12-7-10-21-20-9-3-4-14-25(20)35(26)29(21)23;1-3-9-19(10-4-1)21-13-7-15-23(17-21)25-24-16-8-14-22(18-24)20-11-5-2-6-12-20/h3-10,13-30,33-36H,11-12,31-32H2,1-2H3;3-4,7-14,17-18H,5-6,15-16H2,1-2H3;1-18,25H. The van der Waals surface area contributed by atoms with Gasteiger partial charge < -0.3 is 29.2 Å². The van der Waals surface area contributed by atoms with Crippen LogP contribution in [0.5, 0.6) is 0 Å². The second-order valence-corrected chi connectivity index (χ2v) is 36.2. The summed E-state index contributed by atoms with van der Waals surface area (Å²) in [6.45, 7) is 10.5. The number of halogens is 1. The van der Waals surface area contributed by atoms with E-state index in [1.54, 1.807) is 0 Å². The molecule has 9 heteroatoms. The van der Waals surface area contributed by atoms with E-state index in [1.807, 2.05) is 12.1 Å². The van der Waals surface area contributed by atoms with Gasteiger partial charge in [-0.05, 0) is 213 Å². The lowest BCUT2D eigenvalue weighted by atomic mass is 9.33. The second-order valence-electron chi connectivity index (χ2n) is 35.8. The van der Waals surface area contributed by atoms with E-state index < -0.39 is 0 Å². The molecule has 0 spiro atoms. The van der Waals surface area contributed by atoms with Crippen LogP contribution in [0.25, 0.3) is 99.5 Å². The van der Waals surface area contributed by atoms with Crippen LogP contribution in [-0.2, 0) is 10.8 Å². The minimum Gasteiger partial charge on any atom is -0.355 e. The number of nitrogens with one attached hydrogen (secondary N) is 1. The number of hydrogen-bond acceptors (Lipinski definition) is 4. The smallest absolute Gasteiger partial charge is 0.252 e. The van der Waals surface area contributed by atoms with E-state index in [4.69, 9.17) is 11.6 Å². The molecular formula is C112H89B2ClN6. The van der Waals surface area contributed by atoms with Crippen LogP contribution < -0.4 is 52.8 Å². The van der Waals surface area contributed by atoms with Crippen LogP contribution in [-0.4, -0.2) is 33.6 Å². The zero-order valence-corrected chi connectivity index (χ0v) is 69.3. The van der Waals surface area contributed by atoms with Crippen molar-refractivity contribution in [2.45, 2.75) is 101 Å². The molecule has 6 nitrogen and oxygen atoms in total. The van der Waals surface area contributed by atoms with Gasteiger partial charge in [-0.15, -0.1) is 0 Å². The topological polar surface area (TPSA) is 31.6 Å². The third-order valence-corrected chi connectivity index (χ3v) is 29.9. The van der Waals surface area contributed by atoms with Crippen molar-refractivity contribution >= 4 is 153 Å². The SMILES string of the molecule is CC12CCCCC1(C)N1c3cc(Cl)cc4c3B(c3cccc2c31)c1cccc2c3ccccc3n-4c12.CC12CCCCC1(C)N1c3cc(N(c4cccc(-c5ccccc5)c4)c4cccc(-c5ccccc5)c4)cc4c3B(c3cccc2c31)c1cccc2c3ccccc3n-4c12.c1ccc(-c2cccc(Nc3cccc(-c4ccccc4)c3)c2)cc1. The quantitative estimate of drug-likeness (QED) is 0.146. The number of benzene rings is 16. The van der Waals surface area contributed by atoms with Crippen LogP contribution in [0.1, 0.15) is 90.2 Å². The van der Waals surface area contributed by atoms with E-state index >= 15 is 0 Å². The minimum absolute atomic E-state index is 0.0364. The van der Waals surface area contributed by atoms with Crippen molar-refractivity contribution in [1.29, 1.82) is 0 Å². The van der Waals surface area contributed by atoms with Crippen molar-refractivity contribution in [3.8, 4) is 55.9 Å². The number of nitrogens with zero attached hydrogens (tertiary/aromatic N) is 5. The van der Waals surface area contributed by atoms with Gasteiger partial charge in [0.25, 0.3) is 13.4 Å². The fraction of sp³-hybridized carbons (Fsp3) is 0.143. The van der Waals surface area contributed by atoms with E-state index in [2.05, 4.69) is 409 Å². The normalized spacial score (nSPS) is 19.1. The third-order valence-electron chi connectivity index (χ3n) is 29.7. The molecule has 16 aromatic carbocycles. The molecule has 4 atom stereocenters. The Morgan fingerprint density at radius 2 is 0.636 bits per heavy atom. The summed E-state index contributed by atoms with van der Waals surface area (Å²) in [5, 5.41) is 9.62. The first-order valence-corrected chi connectivity index (χ1v) is 43.9. The van der Waals surface area contributed by atoms with Gasteiger partial charge >= 0.3 is 0 Å². The van der Waals surface area contributed by atoms with Crippen molar-refractivity contribution in [3.05, 3.63) is 380 Å². The van der Waals surface area contributed by atoms with Crippen LogP contribution >= 0.6 is 11.6 Å². The highest BCUT2D eigenvalue weighted by Crippen LogP contribution is 2.64. The summed E-state index contributed by atoms with van der Waals surface area (Å²) in [6, 6.07) is 134. The maximum atomic E-state index is 6.99. The maximum Gasteiger partial charge on any atom is 0.252 e. The van der Waals surface area contributed by atoms with Crippen molar-refractivity contribution in [2.75, 3.05) is 20.0 Å². The van der Waals surface area contributed by atoms with Crippen LogP contribution in [0.15, 0.2) is 364 Å². The summed E-state index contributed by atoms with van der Waals surface area (Å²) >= 11 is 6.99. The van der Waals surface area contributed by atoms with Gasteiger partial charge in [-0.2, -0.15) is 0 Å². The van der Waals surface area contributed by atoms with E-state index in [0.29, 0.717) is 0 Å². The molecule has 2 aromatic heterocycles. The average Bonchev–Trinajstić information content (AvgIpc) is 1.51. The van der Waals surface area contributed by atoms with E-state index in [-0.39, 0.29) is 35.3 Å². The molecule has 6 aliphatic heterocycles. The molecule has 580 valence electrons. The molecule has 121 heavy (non-hydrogen) atoms. The highest BCUT2D eigenvalue weighted by molar-refractivity contribution is 7.01. The van der Waals surface area contributed by atoms with Gasteiger partial charge in [-0.3, -0.25) is 0 Å². The molecule has 0 bridgehead atoms. The highest BCUT2D eigenvalue weighted by atomic mass is 35.5. The number of para-hydroxylation sites is 6. The van der Waals surface area contributed by atoms with Crippen molar-refractivity contribution in [2.24, 2.45) is 0 Å². The van der Waals surface area contributed by atoms with Gasteiger partial charge in [0.05, 0.1) is 27.8 Å². The lowest BCUT2D eigenvalue weighted by Gasteiger charge is -2.52. The Morgan fingerprint density at radius 1 is 0.298 bits per heavy atom. The molecule has 1 N–H and O–H groups in total. The van der Waals surface area contributed by atoms with E-state index in [1.165, 1.54) is 211 Å². The first kappa shape index (κ1) is 71.8. The molecule has 2 saturated carbocycles. The van der Waals surface area contributed by atoms with Crippen LogP contribution in [0.3, 0.4) is 0 Å². The summed E-state index contributed by atoms with van der Waals surface area (Å²) in [4.78, 5) is 8.11. The summed E-state index contributed by atoms with van der Waals surface area (Å²) in [5.41, 5.74) is 40.4. The van der Waals surface area contributed by atoms with Gasteiger partial charge in [-0.25, -0.2) is 0 Å². The molecule has 8 heterocycles. The molecule has 0 amide bonds. The zero-order valence-electron chi connectivity index (χ0n) is 68.6. The van der Waals surface area contributed by atoms with E-state index in [0.717, 1.165) is 39.9 Å². The van der Waals surface area contributed by atoms with Crippen molar-refractivity contribution in [1.82, 2.24) is 9.13 Å². The highest BCUT2D eigenvalue weighted by Gasteiger charge is 2.63. The van der Waals surface area contributed by atoms with Crippen molar-refractivity contribution in [3.63, 3.8) is 0 Å². The largest absolute Gasteiger partial charge is 0.355 e. The fourth-order valence-electron chi connectivity index (χ4n) is 23.8. The molecule has 8 aliphatic rings. The number of anilines is 9. The van der Waals surface area contributed by atoms with Crippen molar-refractivity contribution < 1.29 is 0 Å². The summed E-state index contributed by atoms with van der Waals surface area (Å²) in [7, 11) is 0. The molecule has 2 fully saturated rings. The second kappa shape index (κ2) is 27.4. The molecule has 0 saturated heterocycles. The Kier molecular flexibility index (Phi) is 16.3. The van der Waals surface area contributed by atoms with Gasteiger partial charge in [0.15, 0.2) is 0 Å². The molecule has 4 unspecified atom stereocenters. The van der Waals surface area contributed by atoms with Gasteiger partial charge in [0, 0.05) is 105 Å².